The van der Waals surface area contributed by atoms with Crippen LogP contribution in [0.4, 0.5) is 4.79 Å². The maximum Gasteiger partial charge on any atom is 0.317 e. The van der Waals surface area contributed by atoms with Crippen LogP contribution in [0, 0.1) is 0 Å². The molecule has 2 unspecified atom stereocenters. The number of aliphatic hydroxyl groups is 1. The Balaban J connectivity index is 2.54. The van der Waals surface area contributed by atoms with Crippen molar-refractivity contribution in [3.8, 4) is 0 Å². The number of hydrogen-bond acceptors (Lipinski definition) is 4. The highest BCUT2D eigenvalue weighted by molar-refractivity contribution is 5.74. The van der Waals surface area contributed by atoms with Crippen LogP contribution in [0.1, 0.15) is 47.5 Å². The van der Waals surface area contributed by atoms with E-state index in [4.69, 9.17) is 9.84 Å². The van der Waals surface area contributed by atoms with Gasteiger partial charge in [-0.25, -0.2) is 4.79 Å². The molecule has 0 bridgehead atoms. The minimum Gasteiger partial charge on any atom is -0.395 e. The van der Waals surface area contributed by atoms with Gasteiger partial charge in [0.2, 0.25) is 0 Å². The Morgan fingerprint density at radius 3 is 2.43 bits per heavy atom. The fourth-order valence-electron chi connectivity index (χ4n) is 2.97. The van der Waals surface area contributed by atoms with Crippen LogP contribution >= 0.6 is 0 Å². The highest BCUT2D eigenvalue weighted by Crippen LogP contribution is 2.20. The van der Waals surface area contributed by atoms with Crippen LogP contribution in [0.5, 0.6) is 0 Å². The molecule has 1 saturated heterocycles. The molecule has 0 spiro atoms. The van der Waals surface area contributed by atoms with Crippen molar-refractivity contribution in [3.63, 3.8) is 0 Å². The lowest BCUT2D eigenvalue weighted by Gasteiger charge is -2.45. The van der Waals surface area contributed by atoms with Gasteiger partial charge in [0.1, 0.15) is 0 Å². The molecule has 0 radical (unpaired) electrons. The molecular formula is C17H35N3O3. The molecule has 23 heavy (non-hydrogen) atoms. The summed E-state index contributed by atoms with van der Waals surface area (Å²) in [7, 11) is 0. The number of ether oxygens (including phenoxy) is 1. The highest BCUT2D eigenvalue weighted by atomic mass is 16.5. The number of morpholine rings is 1. The standard InChI is InChI=1S/C17H35N3O3/c1-6-7-8-19(9-10-21)16(22)18-13-17(4,5)20-11-14(2)23-15(3)12-20/h14-15,21H,6-13H2,1-5H3,(H,18,22). The second-order valence-corrected chi connectivity index (χ2v) is 7.20. The summed E-state index contributed by atoms with van der Waals surface area (Å²) < 4.78 is 5.79. The number of hydrogen-bond donors (Lipinski definition) is 2. The van der Waals surface area contributed by atoms with Gasteiger partial charge in [0, 0.05) is 38.3 Å². The summed E-state index contributed by atoms with van der Waals surface area (Å²) in [4.78, 5) is 16.4. The molecule has 2 N–H and O–H groups in total. The zero-order valence-corrected chi connectivity index (χ0v) is 15.5. The third-order valence-electron chi connectivity index (χ3n) is 4.39. The lowest BCUT2D eigenvalue weighted by atomic mass is 10.00. The van der Waals surface area contributed by atoms with Gasteiger partial charge in [-0.05, 0) is 34.1 Å². The Hall–Kier alpha value is -0.850. The van der Waals surface area contributed by atoms with Gasteiger partial charge in [0.25, 0.3) is 0 Å². The zero-order valence-electron chi connectivity index (χ0n) is 15.5. The molecular weight excluding hydrogens is 294 g/mol. The number of carbonyl (C=O) groups is 1. The van der Waals surface area contributed by atoms with Crippen LogP contribution in [0.25, 0.3) is 0 Å². The van der Waals surface area contributed by atoms with Crippen molar-refractivity contribution in [1.82, 2.24) is 15.1 Å². The maximum atomic E-state index is 12.4. The number of nitrogens with zero attached hydrogens (tertiary/aromatic N) is 2. The van der Waals surface area contributed by atoms with E-state index >= 15 is 0 Å². The van der Waals surface area contributed by atoms with Crippen LogP contribution in [0.3, 0.4) is 0 Å². The van der Waals surface area contributed by atoms with Gasteiger partial charge in [-0.2, -0.15) is 0 Å². The monoisotopic (exact) mass is 329 g/mol. The van der Waals surface area contributed by atoms with Crippen LogP contribution in [-0.4, -0.2) is 78.0 Å². The van der Waals surface area contributed by atoms with Crippen molar-refractivity contribution >= 4 is 6.03 Å². The van der Waals surface area contributed by atoms with E-state index in [2.05, 4.69) is 44.8 Å². The van der Waals surface area contributed by atoms with Crippen LogP contribution in [0.2, 0.25) is 0 Å². The molecule has 2 atom stereocenters. The minimum atomic E-state index is -0.127. The fraction of sp³-hybridized carbons (Fsp3) is 0.941. The number of amides is 2. The number of carbonyl (C=O) groups excluding carboxylic acids is 1. The molecule has 1 fully saturated rings. The summed E-state index contributed by atoms with van der Waals surface area (Å²) in [6.45, 7) is 14.0. The molecule has 0 saturated carbocycles. The van der Waals surface area contributed by atoms with Crippen LogP contribution in [-0.2, 0) is 4.74 Å². The predicted octanol–water partition coefficient (Wildman–Crippen LogP) is 1.68. The molecule has 1 rings (SSSR count). The predicted molar refractivity (Wildman–Crippen MR) is 92.6 cm³/mol. The van der Waals surface area contributed by atoms with E-state index in [1.165, 1.54) is 0 Å². The topological polar surface area (TPSA) is 65.0 Å². The largest absolute Gasteiger partial charge is 0.395 e. The first kappa shape index (κ1) is 20.2. The summed E-state index contributed by atoms with van der Waals surface area (Å²) in [6, 6.07) is -0.0880. The Labute approximate surface area is 141 Å². The van der Waals surface area contributed by atoms with E-state index in [0.29, 0.717) is 19.6 Å². The van der Waals surface area contributed by atoms with E-state index in [1.807, 2.05) is 0 Å². The average molecular weight is 329 g/mol. The van der Waals surface area contributed by atoms with E-state index in [-0.39, 0.29) is 30.4 Å². The van der Waals surface area contributed by atoms with Gasteiger partial charge in [-0.1, -0.05) is 13.3 Å². The molecule has 0 aliphatic carbocycles. The minimum absolute atomic E-state index is 0.000972. The Bertz CT molecular complexity index is 353. The van der Waals surface area contributed by atoms with E-state index in [1.54, 1.807) is 4.90 Å². The van der Waals surface area contributed by atoms with Crippen molar-refractivity contribution in [3.05, 3.63) is 0 Å². The van der Waals surface area contributed by atoms with Crippen molar-refractivity contribution < 1.29 is 14.6 Å². The summed E-state index contributed by atoms with van der Waals surface area (Å²) in [5.74, 6) is 0. The first-order chi connectivity index (χ1) is 10.8. The molecule has 1 heterocycles. The third-order valence-corrected chi connectivity index (χ3v) is 4.39. The van der Waals surface area contributed by atoms with Gasteiger partial charge in [-0.3, -0.25) is 4.90 Å². The Morgan fingerprint density at radius 2 is 1.91 bits per heavy atom. The molecule has 0 aromatic rings. The summed E-state index contributed by atoms with van der Waals surface area (Å²) in [6.07, 6.45) is 2.41. The SMILES string of the molecule is CCCCN(CCO)C(=O)NCC(C)(C)N1CC(C)OC(C)C1. The molecule has 1 aliphatic rings. The number of unbranched alkanes of at least 4 members (excludes halogenated alkanes) is 1. The Kier molecular flexibility index (Phi) is 8.29. The van der Waals surface area contributed by atoms with Gasteiger partial charge in [0.05, 0.1) is 18.8 Å². The summed E-state index contributed by atoms with van der Waals surface area (Å²) >= 11 is 0. The number of urea groups is 1. The third kappa shape index (κ3) is 6.65. The second-order valence-electron chi connectivity index (χ2n) is 7.20. The number of aliphatic hydroxyl groups excluding tert-OH is 1. The molecule has 0 aromatic heterocycles. The van der Waals surface area contributed by atoms with E-state index < -0.39 is 0 Å². The zero-order chi connectivity index (χ0) is 17.5. The van der Waals surface area contributed by atoms with Crippen molar-refractivity contribution in [2.75, 3.05) is 39.3 Å². The van der Waals surface area contributed by atoms with Crippen molar-refractivity contribution in [2.45, 2.75) is 65.2 Å². The first-order valence-corrected chi connectivity index (χ1v) is 8.84. The molecule has 136 valence electrons. The second kappa shape index (κ2) is 9.45. The van der Waals surface area contributed by atoms with E-state index in [0.717, 1.165) is 25.9 Å². The molecule has 6 heteroatoms. The van der Waals surface area contributed by atoms with Crippen LogP contribution in [0.15, 0.2) is 0 Å². The van der Waals surface area contributed by atoms with Gasteiger partial charge >= 0.3 is 6.03 Å². The number of nitrogens with one attached hydrogen (secondary N) is 1. The van der Waals surface area contributed by atoms with Gasteiger partial charge in [-0.15, -0.1) is 0 Å². The molecule has 2 amide bonds. The van der Waals surface area contributed by atoms with Crippen molar-refractivity contribution in [2.24, 2.45) is 0 Å². The molecule has 1 aliphatic heterocycles. The van der Waals surface area contributed by atoms with Gasteiger partial charge < -0.3 is 20.1 Å². The van der Waals surface area contributed by atoms with Crippen molar-refractivity contribution in [1.29, 1.82) is 0 Å². The summed E-state index contributed by atoms with van der Waals surface area (Å²) in [5, 5.41) is 12.2. The molecule has 0 aromatic carbocycles. The maximum absolute atomic E-state index is 12.4. The molecule has 6 nitrogen and oxygen atoms in total. The normalized spacial score (nSPS) is 22.9. The summed E-state index contributed by atoms with van der Waals surface area (Å²) in [5.41, 5.74) is -0.127. The lowest BCUT2D eigenvalue weighted by Crippen LogP contribution is -2.59. The lowest BCUT2D eigenvalue weighted by molar-refractivity contribution is -0.0948. The van der Waals surface area contributed by atoms with Crippen LogP contribution < -0.4 is 5.32 Å². The first-order valence-electron chi connectivity index (χ1n) is 8.84. The quantitative estimate of drug-likeness (QED) is 0.711. The Morgan fingerprint density at radius 1 is 1.30 bits per heavy atom. The van der Waals surface area contributed by atoms with E-state index in [9.17, 15) is 4.79 Å². The fourth-order valence-corrected chi connectivity index (χ4v) is 2.97. The number of rotatable bonds is 8. The average Bonchev–Trinajstić information content (AvgIpc) is 2.48. The highest BCUT2D eigenvalue weighted by Gasteiger charge is 2.33. The van der Waals surface area contributed by atoms with Gasteiger partial charge in [0.15, 0.2) is 0 Å². The smallest absolute Gasteiger partial charge is 0.317 e.